The maximum atomic E-state index is 11.4. The van der Waals surface area contributed by atoms with Crippen LogP contribution in [0, 0.1) is 6.92 Å². The highest BCUT2D eigenvalue weighted by Crippen LogP contribution is 2.26. The van der Waals surface area contributed by atoms with Gasteiger partial charge in [0.15, 0.2) is 6.61 Å². The van der Waals surface area contributed by atoms with E-state index in [1.165, 1.54) is 0 Å². The van der Waals surface area contributed by atoms with E-state index in [1.54, 1.807) is 13.0 Å². The molecule has 6 nitrogen and oxygen atoms in total. The lowest BCUT2D eigenvalue weighted by Crippen LogP contribution is -2.14. The molecular weight excluding hydrogens is 382 g/mol. The number of ether oxygens (including phenoxy) is 3. The van der Waals surface area contributed by atoms with Crippen molar-refractivity contribution >= 4 is 5.97 Å². The molecule has 1 heterocycles. The molecule has 0 saturated carbocycles. The Balaban J connectivity index is 1.58. The van der Waals surface area contributed by atoms with Gasteiger partial charge in [0.05, 0.1) is 18.9 Å². The molecule has 158 valence electrons. The summed E-state index contributed by atoms with van der Waals surface area (Å²) >= 11 is 0. The molecule has 0 saturated heterocycles. The largest absolute Gasteiger partial charge is 0.493 e. The van der Waals surface area contributed by atoms with E-state index >= 15 is 0 Å². The van der Waals surface area contributed by atoms with Crippen molar-refractivity contribution in [2.75, 3.05) is 19.8 Å². The molecule has 30 heavy (non-hydrogen) atoms. The summed E-state index contributed by atoms with van der Waals surface area (Å²) in [6.45, 7) is 6.45. The number of nitrogens with zero attached hydrogens (tertiary/aromatic N) is 1. The summed E-state index contributed by atoms with van der Waals surface area (Å²) < 4.78 is 22.2. The summed E-state index contributed by atoms with van der Waals surface area (Å²) in [6, 6.07) is 15.4. The number of carbonyl (C=O) groups is 1. The third-order valence-corrected chi connectivity index (χ3v) is 4.58. The lowest BCUT2D eigenvalue weighted by Gasteiger charge is -2.12. The Hall–Kier alpha value is -3.28. The predicted molar refractivity (Wildman–Crippen MR) is 114 cm³/mol. The number of hydrogen-bond donors (Lipinski definition) is 0. The van der Waals surface area contributed by atoms with Gasteiger partial charge in [0, 0.05) is 12.0 Å². The van der Waals surface area contributed by atoms with Crippen molar-refractivity contribution in [2.24, 2.45) is 0 Å². The lowest BCUT2D eigenvalue weighted by molar-refractivity contribution is -0.145. The van der Waals surface area contributed by atoms with Crippen LogP contribution in [0.1, 0.15) is 30.9 Å². The lowest BCUT2D eigenvalue weighted by atomic mass is 10.1. The SMILES string of the molecule is CCOC(=O)COc1ccc(OCCc2nc(-c3ccccc3)oc2C)c(CC)c1. The molecule has 2 aromatic carbocycles. The zero-order chi connectivity index (χ0) is 21.3. The minimum Gasteiger partial charge on any atom is -0.493 e. The van der Waals surface area contributed by atoms with Crippen molar-refractivity contribution in [1.29, 1.82) is 0 Å². The molecule has 0 spiro atoms. The van der Waals surface area contributed by atoms with Gasteiger partial charge in [-0.1, -0.05) is 25.1 Å². The minimum atomic E-state index is -0.381. The normalized spacial score (nSPS) is 10.6. The van der Waals surface area contributed by atoms with Gasteiger partial charge in [0.2, 0.25) is 5.89 Å². The highest BCUT2D eigenvalue weighted by Gasteiger charge is 2.12. The van der Waals surface area contributed by atoms with Crippen molar-refractivity contribution < 1.29 is 23.4 Å². The van der Waals surface area contributed by atoms with Gasteiger partial charge in [-0.25, -0.2) is 9.78 Å². The topological polar surface area (TPSA) is 70.8 Å². The maximum Gasteiger partial charge on any atom is 0.344 e. The van der Waals surface area contributed by atoms with Crippen molar-refractivity contribution in [3.05, 3.63) is 65.5 Å². The van der Waals surface area contributed by atoms with Gasteiger partial charge >= 0.3 is 5.97 Å². The van der Waals surface area contributed by atoms with Crippen LogP contribution < -0.4 is 9.47 Å². The van der Waals surface area contributed by atoms with Crippen LogP contribution in [0.2, 0.25) is 0 Å². The molecule has 0 bridgehead atoms. The average Bonchev–Trinajstić information content (AvgIpc) is 3.14. The van der Waals surface area contributed by atoms with Crippen molar-refractivity contribution in [3.63, 3.8) is 0 Å². The van der Waals surface area contributed by atoms with Gasteiger partial charge < -0.3 is 18.6 Å². The number of benzene rings is 2. The summed E-state index contributed by atoms with van der Waals surface area (Å²) in [5, 5.41) is 0. The number of esters is 1. The van der Waals surface area contributed by atoms with E-state index in [1.807, 2.05) is 56.3 Å². The third kappa shape index (κ3) is 5.63. The van der Waals surface area contributed by atoms with E-state index in [0.29, 0.717) is 31.3 Å². The monoisotopic (exact) mass is 409 g/mol. The van der Waals surface area contributed by atoms with E-state index in [9.17, 15) is 4.79 Å². The minimum absolute atomic E-state index is 0.105. The Morgan fingerprint density at radius 1 is 1.07 bits per heavy atom. The number of aryl methyl sites for hydroxylation is 2. The van der Waals surface area contributed by atoms with Gasteiger partial charge in [0.1, 0.15) is 17.3 Å². The Labute approximate surface area is 176 Å². The number of aromatic nitrogens is 1. The quantitative estimate of drug-likeness (QED) is 0.449. The van der Waals surface area contributed by atoms with Crippen LogP contribution in [0.5, 0.6) is 11.5 Å². The second-order valence-corrected chi connectivity index (χ2v) is 6.70. The Kier molecular flexibility index (Phi) is 7.49. The standard InChI is InChI=1S/C24H27NO5/c1-4-18-15-20(29-16-23(26)27-5-2)11-12-22(18)28-14-13-21-17(3)30-24(25-21)19-9-7-6-8-10-19/h6-12,15H,4-5,13-14,16H2,1-3H3. The third-order valence-electron chi connectivity index (χ3n) is 4.58. The smallest absolute Gasteiger partial charge is 0.344 e. The zero-order valence-corrected chi connectivity index (χ0v) is 17.6. The molecule has 3 rings (SSSR count). The van der Waals surface area contributed by atoms with Gasteiger partial charge in [-0.3, -0.25) is 0 Å². The number of oxazole rings is 1. The van der Waals surface area contributed by atoms with Gasteiger partial charge in [0.25, 0.3) is 0 Å². The van der Waals surface area contributed by atoms with Gasteiger partial charge in [-0.05, 0) is 56.2 Å². The van der Waals surface area contributed by atoms with Crippen molar-refractivity contribution in [3.8, 4) is 23.0 Å². The second-order valence-electron chi connectivity index (χ2n) is 6.70. The summed E-state index contributed by atoms with van der Waals surface area (Å²) in [4.78, 5) is 16.1. The summed E-state index contributed by atoms with van der Waals surface area (Å²) in [5.41, 5.74) is 2.86. The molecule has 0 fully saturated rings. The van der Waals surface area contributed by atoms with Gasteiger partial charge in [-0.15, -0.1) is 0 Å². The maximum absolute atomic E-state index is 11.4. The molecule has 0 aliphatic heterocycles. The Morgan fingerprint density at radius 3 is 2.60 bits per heavy atom. The van der Waals surface area contributed by atoms with Crippen LogP contribution in [0.4, 0.5) is 0 Å². The molecule has 0 atom stereocenters. The molecule has 0 amide bonds. The van der Waals surface area contributed by atoms with Crippen LogP contribution in [0.15, 0.2) is 52.9 Å². The van der Waals surface area contributed by atoms with E-state index < -0.39 is 0 Å². The summed E-state index contributed by atoms with van der Waals surface area (Å²) in [5.74, 6) is 2.46. The van der Waals surface area contributed by atoms with Crippen molar-refractivity contribution in [1.82, 2.24) is 4.98 Å². The Morgan fingerprint density at radius 2 is 1.87 bits per heavy atom. The molecule has 0 aliphatic carbocycles. The first kappa shape index (κ1) is 21.4. The van der Waals surface area contributed by atoms with Crippen LogP contribution >= 0.6 is 0 Å². The summed E-state index contributed by atoms with van der Waals surface area (Å²) in [6.07, 6.45) is 1.43. The zero-order valence-electron chi connectivity index (χ0n) is 17.6. The van der Waals surface area contributed by atoms with Crippen molar-refractivity contribution in [2.45, 2.75) is 33.6 Å². The first-order valence-electron chi connectivity index (χ1n) is 10.2. The molecule has 3 aromatic rings. The van der Waals surface area contributed by atoms with Crippen LogP contribution in [0.3, 0.4) is 0 Å². The first-order valence-corrected chi connectivity index (χ1v) is 10.2. The summed E-state index contributed by atoms with van der Waals surface area (Å²) in [7, 11) is 0. The number of rotatable bonds is 10. The van der Waals surface area contributed by atoms with Gasteiger partial charge in [-0.2, -0.15) is 0 Å². The fourth-order valence-electron chi connectivity index (χ4n) is 3.03. The van der Waals surface area contributed by atoms with E-state index in [2.05, 4.69) is 4.98 Å². The molecule has 6 heteroatoms. The number of carbonyl (C=O) groups excluding carboxylic acids is 1. The fourth-order valence-corrected chi connectivity index (χ4v) is 3.03. The Bertz CT molecular complexity index is 965. The molecular formula is C24H27NO5. The highest BCUT2D eigenvalue weighted by molar-refractivity contribution is 5.71. The molecule has 1 aromatic heterocycles. The van der Waals surface area contributed by atoms with Crippen LogP contribution in [-0.4, -0.2) is 30.8 Å². The van der Waals surface area contributed by atoms with E-state index in [0.717, 1.165) is 34.8 Å². The molecule has 0 radical (unpaired) electrons. The highest BCUT2D eigenvalue weighted by atomic mass is 16.6. The first-order chi connectivity index (χ1) is 14.6. The molecule has 0 unspecified atom stereocenters. The predicted octanol–water partition coefficient (Wildman–Crippen LogP) is 4.78. The number of hydrogen-bond acceptors (Lipinski definition) is 6. The second kappa shape index (κ2) is 10.5. The van der Waals surface area contributed by atoms with E-state index in [-0.39, 0.29) is 12.6 Å². The molecule has 0 aliphatic rings. The van der Waals surface area contributed by atoms with E-state index in [4.69, 9.17) is 18.6 Å². The average molecular weight is 409 g/mol. The molecule has 0 N–H and O–H groups in total. The van der Waals surface area contributed by atoms with Crippen LogP contribution in [-0.2, 0) is 22.4 Å². The fraction of sp³-hybridized carbons (Fsp3) is 0.333. The van der Waals surface area contributed by atoms with Crippen LogP contribution in [0.25, 0.3) is 11.5 Å².